The zero-order valence-corrected chi connectivity index (χ0v) is 18.8. The molecule has 3 rings (SSSR count). The predicted octanol–water partition coefficient (Wildman–Crippen LogP) is 3.50. The molecule has 0 amide bonds. The largest absolute Gasteiger partial charge is 0.355 e. The molecule has 1 unspecified atom stereocenters. The molecule has 1 fully saturated rings. The van der Waals surface area contributed by atoms with Gasteiger partial charge in [0.2, 0.25) is 0 Å². The second kappa shape index (κ2) is 10.2. The first-order chi connectivity index (χ1) is 12.2. The lowest BCUT2D eigenvalue weighted by Crippen LogP contribution is -2.40. The topological polar surface area (TPSA) is 45.5 Å². The Morgan fingerprint density at radius 2 is 2.12 bits per heavy atom. The molecular formula is C19H28IN5S. The van der Waals surface area contributed by atoms with Crippen molar-refractivity contribution in [2.24, 2.45) is 12.0 Å². The number of thioether (sulfide) groups is 1. The van der Waals surface area contributed by atoms with E-state index in [0.717, 1.165) is 37.8 Å². The van der Waals surface area contributed by atoms with Crippen LogP contribution in [0.3, 0.4) is 0 Å². The number of hydrogen-bond acceptors (Lipinski definition) is 3. The predicted molar refractivity (Wildman–Crippen MR) is 121 cm³/mol. The Morgan fingerprint density at radius 1 is 1.35 bits per heavy atom. The average Bonchev–Trinajstić information content (AvgIpc) is 3.25. The van der Waals surface area contributed by atoms with Crippen molar-refractivity contribution in [2.45, 2.75) is 24.2 Å². The third-order valence-electron chi connectivity index (χ3n) is 4.57. The highest BCUT2D eigenvalue weighted by Crippen LogP contribution is 2.26. The molecule has 7 heteroatoms. The Balaban J connectivity index is 0.00000243. The van der Waals surface area contributed by atoms with Crippen molar-refractivity contribution in [3.8, 4) is 0 Å². The van der Waals surface area contributed by atoms with Crippen LogP contribution >= 0.6 is 35.7 Å². The molecular weight excluding hydrogens is 457 g/mol. The van der Waals surface area contributed by atoms with Crippen molar-refractivity contribution in [1.82, 2.24) is 20.0 Å². The zero-order chi connectivity index (χ0) is 17.6. The number of halogens is 1. The van der Waals surface area contributed by atoms with Crippen LogP contribution in [0.4, 0.5) is 0 Å². The van der Waals surface area contributed by atoms with Crippen LogP contribution in [0, 0.1) is 6.92 Å². The molecule has 1 aliphatic heterocycles. The van der Waals surface area contributed by atoms with Gasteiger partial charge in [0.1, 0.15) is 0 Å². The maximum absolute atomic E-state index is 4.46. The second-order valence-corrected chi connectivity index (χ2v) is 7.68. The van der Waals surface area contributed by atoms with Gasteiger partial charge in [-0.1, -0.05) is 17.7 Å². The maximum atomic E-state index is 4.46. The van der Waals surface area contributed by atoms with Gasteiger partial charge in [0, 0.05) is 56.5 Å². The van der Waals surface area contributed by atoms with Crippen molar-refractivity contribution < 1.29 is 0 Å². The molecule has 0 saturated carbocycles. The van der Waals surface area contributed by atoms with E-state index >= 15 is 0 Å². The summed E-state index contributed by atoms with van der Waals surface area (Å²) in [5.41, 5.74) is 2.63. The van der Waals surface area contributed by atoms with Gasteiger partial charge in [-0.05, 0) is 31.0 Å². The summed E-state index contributed by atoms with van der Waals surface area (Å²) in [4.78, 5) is 8.14. The molecule has 1 aromatic carbocycles. The third kappa shape index (κ3) is 5.64. The van der Waals surface area contributed by atoms with E-state index in [-0.39, 0.29) is 24.0 Å². The molecule has 0 spiro atoms. The quantitative estimate of drug-likeness (QED) is 0.232. The summed E-state index contributed by atoms with van der Waals surface area (Å²) < 4.78 is 1.88. The molecule has 1 saturated heterocycles. The lowest BCUT2D eigenvalue weighted by atomic mass is 10.0. The van der Waals surface area contributed by atoms with E-state index < -0.39 is 0 Å². The minimum Gasteiger partial charge on any atom is -0.355 e. The van der Waals surface area contributed by atoms with Crippen molar-refractivity contribution in [2.75, 3.05) is 32.4 Å². The SMILES string of the molecule is CN=C(NCCSc1ccc(C)cc1)N1CCC(c2cnn(C)c2)C1.I. The molecule has 2 heterocycles. The number of hydrogen-bond donors (Lipinski definition) is 1. The monoisotopic (exact) mass is 485 g/mol. The number of aromatic nitrogens is 2. The van der Waals surface area contributed by atoms with E-state index in [0.29, 0.717) is 5.92 Å². The van der Waals surface area contributed by atoms with E-state index in [1.54, 1.807) is 0 Å². The molecule has 1 aromatic heterocycles. The number of likely N-dealkylation sites (tertiary alicyclic amines) is 1. The van der Waals surface area contributed by atoms with Gasteiger partial charge >= 0.3 is 0 Å². The molecule has 1 atom stereocenters. The van der Waals surface area contributed by atoms with Crippen molar-refractivity contribution in [1.29, 1.82) is 0 Å². The molecule has 0 aliphatic carbocycles. The Labute approximate surface area is 177 Å². The fourth-order valence-corrected chi connectivity index (χ4v) is 3.94. The Hall–Kier alpha value is -1.22. The zero-order valence-electron chi connectivity index (χ0n) is 15.7. The lowest BCUT2D eigenvalue weighted by molar-refractivity contribution is 0.488. The van der Waals surface area contributed by atoms with Gasteiger partial charge < -0.3 is 10.2 Å². The van der Waals surface area contributed by atoms with E-state index in [1.165, 1.54) is 16.0 Å². The highest BCUT2D eigenvalue weighted by molar-refractivity contribution is 14.0. The highest BCUT2D eigenvalue weighted by atomic mass is 127. The molecule has 2 aromatic rings. The fourth-order valence-electron chi connectivity index (χ4n) is 3.17. The number of benzene rings is 1. The van der Waals surface area contributed by atoms with Crippen LogP contribution in [0.25, 0.3) is 0 Å². The molecule has 26 heavy (non-hydrogen) atoms. The number of nitrogens with zero attached hydrogens (tertiary/aromatic N) is 4. The molecule has 0 bridgehead atoms. The number of aliphatic imine (C=N–C) groups is 1. The molecule has 1 aliphatic rings. The van der Waals surface area contributed by atoms with E-state index in [9.17, 15) is 0 Å². The lowest BCUT2D eigenvalue weighted by Gasteiger charge is -2.21. The van der Waals surface area contributed by atoms with Crippen molar-refractivity contribution in [3.05, 3.63) is 47.8 Å². The molecule has 5 nitrogen and oxygen atoms in total. The Morgan fingerprint density at radius 3 is 2.77 bits per heavy atom. The minimum atomic E-state index is 0. The van der Waals surface area contributed by atoms with Crippen molar-refractivity contribution >= 4 is 41.7 Å². The standard InChI is InChI=1S/C19H27N5S.HI/c1-15-4-6-18(7-5-15)25-11-9-21-19(20-2)24-10-8-16(14-24)17-12-22-23(3)13-17;/h4-7,12-13,16H,8-11,14H2,1-3H3,(H,20,21);1H. The molecule has 1 N–H and O–H groups in total. The normalized spacial score (nSPS) is 17.3. The van der Waals surface area contributed by atoms with Crippen LogP contribution in [0.1, 0.15) is 23.5 Å². The van der Waals surface area contributed by atoms with Gasteiger partial charge in [0.05, 0.1) is 6.20 Å². The summed E-state index contributed by atoms with van der Waals surface area (Å²) >= 11 is 1.88. The molecule has 142 valence electrons. The highest BCUT2D eigenvalue weighted by Gasteiger charge is 2.26. The van der Waals surface area contributed by atoms with Crippen LogP contribution < -0.4 is 5.32 Å². The molecule has 0 radical (unpaired) electrons. The van der Waals surface area contributed by atoms with E-state index in [2.05, 4.69) is 57.7 Å². The first-order valence-corrected chi connectivity index (χ1v) is 9.78. The van der Waals surface area contributed by atoms with E-state index in [4.69, 9.17) is 0 Å². The summed E-state index contributed by atoms with van der Waals surface area (Å²) in [7, 11) is 3.84. The minimum absolute atomic E-state index is 0. The maximum Gasteiger partial charge on any atom is 0.193 e. The van der Waals surface area contributed by atoms with Gasteiger partial charge in [0.15, 0.2) is 5.96 Å². The number of nitrogens with one attached hydrogen (secondary N) is 1. The van der Waals surface area contributed by atoms with Gasteiger partial charge in [0.25, 0.3) is 0 Å². The summed E-state index contributed by atoms with van der Waals surface area (Å²) in [5, 5.41) is 7.80. The number of aryl methyl sites for hydroxylation is 2. The van der Waals surface area contributed by atoms with Crippen LogP contribution in [0.5, 0.6) is 0 Å². The van der Waals surface area contributed by atoms with Gasteiger partial charge in [-0.2, -0.15) is 5.10 Å². The Bertz CT molecular complexity index is 713. The van der Waals surface area contributed by atoms with Gasteiger partial charge in [-0.25, -0.2) is 0 Å². The van der Waals surface area contributed by atoms with Crippen LogP contribution in [0.15, 0.2) is 46.5 Å². The first kappa shape index (κ1) is 21.1. The van der Waals surface area contributed by atoms with E-state index in [1.807, 2.05) is 36.7 Å². The van der Waals surface area contributed by atoms with Crippen LogP contribution in [-0.4, -0.2) is 53.1 Å². The van der Waals surface area contributed by atoms with Crippen molar-refractivity contribution in [3.63, 3.8) is 0 Å². The number of guanidine groups is 1. The van der Waals surface area contributed by atoms with Crippen LogP contribution in [-0.2, 0) is 7.05 Å². The fraction of sp³-hybridized carbons (Fsp3) is 0.474. The summed E-state index contributed by atoms with van der Waals surface area (Å²) in [5.74, 6) is 2.59. The average molecular weight is 485 g/mol. The summed E-state index contributed by atoms with van der Waals surface area (Å²) in [6.45, 7) is 5.09. The van der Waals surface area contributed by atoms with Gasteiger partial charge in [-0.3, -0.25) is 9.67 Å². The summed E-state index contributed by atoms with van der Waals surface area (Å²) in [6, 6.07) is 8.70. The summed E-state index contributed by atoms with van der Waals surface area (Å²) in [6.07, 6.45) is 5.27. The number of rotatable bonds is 5. The third-order valence-corrected chi connectivity index (χ3v) is 5.58. The van der Waals surface area contributed by atoms with Gasteiger partial charge in [-0.15, -0.1) is 35.7 Å². The smallest absolute Gasteiger partial charge is 0.193 e. The second-order valence-electron chi connectivity index (χ2n) is 6.51. The first-order valence-electron chi connectivity index (χ1n) is 8.79. The Kier molecular flexibility index (Phi) is 8.27. The van der Waals surface area contributed by atoms with Crippen LogP contribution in [0.2, 0.25) is 0 Å².